The quantitative estimate of drug-likeness (QED) is 0.864. The van der Waals surface area contributed by atoms with E-state index in [4.69, 9.17) is 0 Å². The first-order chi connectivity index (χ1) is 11.7. The van der Waals surface area contributed by atoms with E-state index in [-0.39, 0.29) is 11.3 Å². The van der Waals surface area contributed by atoms with E-state index < -0.39 is 0 Å². The number of anilines is 1. The molecule has 2 aromatic rings. The van der Waals surface area contributed by atoms with Gasteiger partial charge in [0, 0.05) is 45.3 Å². The van der Waals surface area contributed by atoms with Gasteiger partial charge in [-0.15, -0.1) is 0 Å². The van der Waals surface area contributed by atoms with Crippen LogP contribution in [0.2, 0.25) is 0 Å². The molecule has 6 heteroatoms. The van der Waals surface area contributed by atoms with Crippen molar-refractivity contribution in [1.82, 2.24) is 19.7 Å². The molecule has 0 N–H and O–H groups in total. The van der Waals surface area contributed by atoms with Crippen LogP contribution in [0.15, 0.2) is 36.9 Å². The van der Waals surface area contributed by atoms with Crippen molar-refractivity contribution < 1.29 is 4.79 Å². The fourth-order valence-corrected chi connectivity index (χ4v) is 4.10. The number of amides is 1. The summed E-state index contributed by atoms with van der Waals surface area (Å²) in [6.07, 6.45) is 10.4. The van der Waals surface area contributed by atoms with E-state index in [1.165, 1.54) is 5.56 Å². The van der Waals surface area contributed by atoms with Crippen LogP contribution in [0.4, 0.5) is 5.69 Å². The van der Waals surface area contributed by atoms with Crippen LogP contribution in [0.5, 0.6) is 0 Å². The van der Waals surface area contributed by atoms with Crippen LogP contribution in [0.25, 0.3) is 0 Å². The van der Waals surface area contributed by atoms with Crippen LogP contribution in [0.3, 0.4) is 0 Å². The van der Waals surface area contributed by atoms with Gasteiger partial charge in [-0.2, -0.15) is 5.10 Å². The van der Waals surface area contributed by atoms with E-state index in [1.807, 2.05) is 30.5 Å². The molecule has 126 valence electrons. The number of aryl methyl sites for hydroxylation is 1. The molecule has 2 aromatic heterocycles. The maximum Gasteiger partial charge on any atom is 0.234 e. The second-order valence-corrected chi connectivity index (χ2v) is 7.03. The van der Waals surface area contributed by atoms with Crippen LogP contribution in [-0.4, -0.2) is 45.2 Å². The molecule has 1 spiro atoms. The standard InChI is InChI=1S/C18H23N5O/c1-21-13-16(11-20-21)23-10-6-18(17(23)24)5-2-9-22(14-18)12-15-3-7-19-8-4-15/h3-4,7-8,11,13H,2,5-6,9-10,12,14H2,1H3. The normalized spacial score (nSPS) is 24.9. The highest BCUT2D eigenvalue weighted by Gasteiger charge is 2.49. The number of hydrogen-bond acceptors (Lipinski definition) is 4. The third-order valence-corrected chi connectivity index (χ3v) is 5.33. The van der Waals surface area contributed by atoms with Crippen molar-refractivity contribution in [1.29, 1.82) is 0 Å². The summed E-state index contributed by atoms with van der Waals surface area (Å²) < 4.78 is 1.75. The summed E-state index contributed by atoms with van der Waals surface area (Å²) in [5, 5.41) is 4.21. The summed E-state index contributed by atoms with van der Waals surface area (Å²) in [5.74, 6) is 0.273. The number of likely N-dealkylation sites (tertiary alicyclic amines) is 1. The molecule has 2 aliphatic heterocycles. The van der Waals surface area contributed by atoms with E-state index in [0.717, 1.165) is 51.1 Å². The predicted octanol–water partition coefficient (Wildman–Crippen LogP) is 1.83. The first kappa shape index (κ1) is 15.3. The third-order valence-electron chi connectivity index (χ3n) is 5.33. The molecule has 2 fully saturated rings. The molecule has 2 saturated heterocycles. The zero-order valence-electron chi connectivity index (χ0n) is 14.1. The summed E-state index contributed by atoms with van der Waals surface area (Å²) >= 11 is 0. The van der Waals surface area contributed by atoms with Crippen LogP contribution < -0.4 is 4.90 Å². The van der Waals surface area contributed by atoms with Crippen molar-refractivity contribution >= 4 is 11.6 Å². The highest BCUT2D eigenvalue weighted by Crippen LogP contribution is 2.42. The van der Waals surface area contributed by atoms with Gasteiger partial charge < -0.3 is 4.90 Å². The van der Waals surface area contributed by atoms with Gasteiger partial charge >= 0.3 is 0 Å². The Labute approximate surface area is 142 Å². The van der Waals surface area contributed by atoms with Gasteiger partial charge in [0.15, 0.2) is 0 Å². The second-order valence-electron chi connectivity index (χ2n) is 7.03. The van der Waals surface area contributed by atoms with Gasteiger partial charge in [-0.1, -0.05) is 0 Å². The molecule has 0 saturated carbocycles. The highest BCUT2D eigenvalue weighted by atomic mass is 16.2. The average molecular weight is 325 g/mol. The van der Waals surface area contributed by atoms with Gasteiger partial charge in [-0.25, -0.2) is 0 Å². The first-order valence-corrected chi connectivity index (χ1v) is 8.58. The summed E-state index contributed by atoms with van der Waals surface area (Å²) in [7, 11) is 1.89. The van der Waals surface area contributed by atoms with Crippen LogP contribution in [0.1, 0.15) is 24.8 Å². The Morgan fingerprint density at radius 1 is 1.21 bits per heavy atom. The summed E-state index contributed by atoms with van der Waals surface area (Å²) in [6.45, 7) is 3.60. The smallest absolute Gasteiger partial charge is 0.234 e. The van der Waals surface area contributed by atoms with Gasteiger partial charge in [0.1, 0.15) is 0 Å². The molecule has 1 amide bonds. The lowest BCUT2D eigenvalue weighted by atomic mass is 9.78. The lowest BCUT2D eigenvalue weighted by molar-refractivity contribution is -0.128. The maximum atomic E-state index is 13.1. The number of pyridine rings is 1. The fraction of sp³-hybridized carbons (Fsp3) is 0.500. The number of nitrogens with zero attached hydrogens (tertiary/aromatic N) is 5. The lowest BCUT2D eigenvalue weighted by Gasteiger charge is -2.39. The Morgan fingerprint density at radius 3 is 2.79 bits per heavy atom. The molecule has 2 aliphatic rings. The molecule has 1 atom stereocenters. The molecule has 4 rings (SSSR count). The Hall–Kier alpha value is -2.21. The van der Waals surface area contributed by atoms with Crippen molar-refractivity contribution in [2.45, 2.75) is 25.8 Å². The zero-order valence-corrected chi connectivity index (χ0v) is 14.1. The predicted molar refractivity (Wildman–Crippen MR) is 91.4 cm³/mol. The minimum absolute atomic E-state index is 0.221. The highest BCUT2D eigenvalue weighted by molar-refractivity contribution is 6.00. The van der Waals surface area contributed by atoms with Gasteiger partial charge in [0.05, 0.1) is 17.3 Å². The third kappa shape index (κ3) is 2.71. The molecule has 0 radical (unpaired) electrons. The van der Waals surface area contributed by atoms with Crippen LogP contribution in [0, 0.1) is 5.41 Å². The minimum Gasteiger partial charge on any atom is -0.309 e. The molecule has 4 heterocycles. The number of piperidine rings is 1. The largest absolute Gasteiger partial charge is 0.309 e. The van der Waals surface area contributed by atoms with E-state index >= 15 is 0 Å². The molecule has 24 heavy (non-hydrogen) atoms. The Bertz CT molecular complexity index is 728. The molecule has 0 aromatic carbocycles. The average Bonchev–Trinajstić information content (AvgIpc) is 3.14. The van der Waals surface area contributed by atoms with Crippen molar-refractivity contribution in [2.75, 3.05) is 24.5 Å². The van der Waals surface area contributed by atoms with Crippen molar-refractivity contribution in [3.8, 4) is 0 Å². The van der Waals surface area contributed by atoms with E-state index in [0.29, 0.717) is 0 Å². The monoisotopic (exact) mass is 325 g/mol. The molecular formula is C18H23N5O. The van der Waals surface area contributed by atoms with Gasteiger partial charge in [-0.3, -0.25) is 19.4 Å². The number of carbonyl (C=O) groups excluding carboxylic acids is 1. The van der Waals surface area contributed by atoms with E-state index in [1.54, 1.807) is 10.9 Å². The fourth-order valence-electron chi connectivity index (χ4n) is 4.10. The zero-order chi connectivity index (χ0) is 16.6. The number of aromatic nitrogens is 3. The van der Waals surface area contributed by atoms with Crippen LogP contribution >= 0.6 is 0 Å². The summed E-state index contributed by atoms with van der Waals surface area (Å²) in [4.78, 5) is 21.6. The summed E-state index contributed by atoms with van der Waals surface area (Å²) in [6, 6.07) is 4.11. The minimum atomic E-state index is -0.221. The van der Waals surface area contributed by atoms with Gasteiger partial charge in [-0.05, 0) is 43.5 Å². The topological polar surface area (TPSA) is 54.3 Å². The SMILES string of the molecule is Cn1cc(N2CCC3(CCCN(Cc4ccncc4)C3)C2=O)cn1. The first-order valence-electron chi connectivity index (χ1n) is 8.58. The van der Waals surface area contributed by atoms with Crippen molar-refractivity contribution in [3.05, 3.63) is 42.5 Å². The van der Waals surface area contributed by atoms with Crippen molar-refractivity contribution in [3.63, 3.8) is 0 Å². The maximum absolute atomic E-state index is 13.1. The number of carbonyl (C=O) groups is 1. The molecular weight excluding hydrogens is 302 g/mol. The Morgan fingerprint density at radius 2 is 2.04 bits per heavy atom. The Balaban J connectivity index is 1.49. The molecule has 0 bridgehead atoms. The number of hydrogen-bond donors (Lipinski definition) is 0. The Kier molecular flexibility index (Phi) is 3.84. The number of rotatable bonds is 3. The molecule has 1 unspecified atom stereocenters. The molecule has 0 aliphatic carbocycles. The van der Waals surface area contributed by atoms with E-state index in [9.17, 15) is 4.79 Å². The van der Waals surface area contributed by atoms with Crippen LogP contribution in [-0.2, 0) is 18.4 Å². The van der Waals surface area contributed by atoms with Gasteiger partial charge in [0.25, 0.3) is 0 Å². The summed E-state index contributed by atoms with van der Waals surface area (Å²) in [5.41, 5.74) is 1.96. The van der Waals surface area contributed by atoms with Gasteiger partial charge in [0.2, 0.25) is 5.91 Å². The van der Waals surface area contributed by atoms with E-state index in [2.05, 4.69) is 27.1 Å². The second kappa shape index (κ2) is 6.02. The molecule has 6 nitrogen and oxygen atoms in total. The van der Waals surface area contributed by atoms with Crippen molar-refractivity contribution in [2.24, 2.45) is 12.5 Å². The lowest BCUT2D eigenvalue weighted by Crippen LogP contribution is -2.47.